The number of hydrogen-bond acceptors (Lipinski definition) is 1. The van der Waals surface area contributed by atoms with Crippen molar-refractivity contribution in [2.45, 2.75) is 0 Å². The van der Waals surface area contributed by atoms with Crippen molar-refractivity contribution in [3.8, 4) is 33.4 Å². The first-order valence-electron chi connectivity index (χ1n) is 18.8. The number of anilines is 2. The molecule has 1 aliphatic rings. The van der Waals surface area contributed by atoms with Crippen molar-refractivity contribution in [1.29, 1.82) is 0 Å². The molecule has 10 aromatic carbocycles. The van der Waals surface area contributed by atoms with E-state index in [1.807, 2.05) is 0 Å². The topological polar surface area (TPSA) is 8.17 Å². The summed E-state index contributed by atoms with van der Waals surface area (Å²) in [5, 5.41) is 15.5. The summed E-state index contributed by atoms with van der Waals surface area (Å²) in [6.07, 6.45) is 0. The van der Waals surface area contributed by atoms with Crippen molar-refractivity contribution in [2.24, 2.45) is 7.05 Å². The largest absolute Gasteiger partial charge is 0.344 e. The van der Waals surface area contributed by atoms with Crippen LogP contribution in [-0.4, -0.2) is 11.6 Å². The van der Waals surface area contributed by atoms with Gasteiger partial charge < -0.3 is 9.47 Å². The molecule has 0 fully saturated rings. The number of benzene rings is 10. The van der Waals surface area contributed by atoms with Crippen LogP contribution in [-0.2, 0) is 7.05 Å². The summed E-state index contributed by atoms with van der Waals surface area (Å²) < 4.78 is 2.41. The molecule has 1 aliphatic heterocycles. The van der Waals surface area contributed by atoms with Crippen LogP contribution in [0, 0.1) is 0 Å². The van der Waals surface area contributed by atoms with Gasteiger partial charge in [-0.15, -0.1) is 0 Å². The van der Waals surface area contributed by atoms with Gasteiger partial charge in [0.25, 0.3) is 0 Å². The predicted molar refractivity (Wildman–Crippen MR) is 232 cm³/mol. The van der Waals surface area contributed by atoms with E-state index in [2.05, 4.69) is 193 Å². The maximum Gasteiger partial charge on any atom is 0.0501 e. The van der Waals surface area contributed by atoms with Crippen LogP contribution >= 0.6 is 0 Å². The third-order valence-electron chi connectivity index (χ3n) is 12.3. The van der Waals surface area contributed by atoms with E-state index < -0.39 is 0 Å². The Morgan fingerprint density at radius 2 is 0.870 bits per heavy atom. The molecule has 0 atom stereocenters. The zero-order valence-corrected chi connectivity index (χ0v) is 30.1. The minimum Gasteiger partial charge on any atom is -0.344 e. The fraction of sp³-hybridized carbons (Fsp3) is 0.0385. The third kappa shape index (κ3) is 3.95. The number of aryl methyl sites for hydroxylation is 1. The quantitative estimate of drug-likeness (QED) is 0.164. The van der Waals surface area contributed by atoms with Crippen molar-refractivity contribution in [3.05, 3.63) is 170 Å². The average Bonchev–Trinajstić information content (AvgIpc) is 3.52. The number of nitrogens with zero attached hydrogens (tertiary/aromatic N) is 2. The van der Waals surface area contributed by atoms with E-state index >= 15 is 0 Å². The molecule has 0 spiro atoms. The zero-order chi connectivity index (χ0) is 35.7. The molecule has 0 bridgehead atoms. The first-order chi connectivity index (χ1) is 26.6. The van der Waals surface area contributed by atoms with E-state index in [-0.39, 0.29) is 0 Å². The summed E-state index contributed by atoms with van der Waals surface area (Å²) in [4.78, 5) is 2.40. The van der Waals surface area contributed by atoms with Crippen LogP contribution in [0.5, 0.6) is 0 Å². The van der Waals surface area contributed by atoms with Gasteiger partial charge in [-0.3, -0.25) is 0 Å². The van der Waals surface area contributed by atoms with Gasteiger partial charge in [-0.2, -0.15) is 0 Å². The smallest absolute Gasteiger partial charge is 0.0501 e. The molecule has 2 heteroatoms. The van der Waals surface area contributed by atoms with E-state index in [1.54, 1.807) is 0 Å². The van der Waals surface area contributed by atoms with Crippen LogP contribution in [0.2, 0.25) is 0 Å². The minimum absolute atomic E-state index is 1.23. The second kappa shape index (κ2) is 10.8. The minimum atomic E-state index is 1.23. The van der Waals surface area contributed by atoms with Crippen LogP contribution in [0.1, 0.15) is 0 Å². The lowest BCUT2D eigenvalue weighted by Gasteiger charge is -2.31. The van der Waals surface area contributed by atoms with E-state index in [0.717, 1.165) is 0 Å². The second-order valence-corrected chi connectivity index (χ2v) is 15.0. The Morgan fingerprint density at radius 1 is 0.315 bits per heavy atom. The Labute approximate surface area is 312 Å². The van der Waals surface area contributed by atoms with Crippen molar-refractivity contribution in [1.82, 2.24) is 4.57 Å². The summed E-state index contributed by atoms with van der Waals surface area (Å²) in [5.74, 6) is 0. The lowest BCUT2D eigenvalue weighted by molar-refractivity contribution is 1.01. The lowest BCUT2D eigenvalue weighted by atomic mass is 9.87. The monoisotopic (exact) mass is 686 g/mol. The number of aromatic nitrogens is 1. The van der Waals surface area contributed by atoms with Gasteiger partial charge in [0, 0.05) is 52.7 Å². The van der Waals surface area contributed by atoms with Gasteiger partial charge in [0.15, 0.2) is 0 Å². The maximum absolute atomic E-state index is 2.45. The Hall–Kier alpha value is -6.90. The molecule has 2 heterocycles. The molecule has 12 rings (SSSR count). The van der Waals surface area contributed by atoms with Crippen molar-refractivity contribution >= 4 is 87.0 Å². The zero-order valence-electron chi connectivity index (χ0n) is 30.1. The molecular weight excluding hydrogens is 653 g/mol. The molecule has 0 saturated heterocycles. The molecule has 0 N–H and O–H groups in total. The molecule has 0 unspecified atom stereocenters. The average molecular weight is 687 g/mol. The van der Waals surface area contributed by atoms with E-state index in [0.29, 0.717) is 0 Å². The number of hydrogen-bond donors (Lipinski definition) is 0. The Bertz CT molecular complexity index is 3420. The molecule has 0 aliphatic carbocycles. The second-order valence-electron chi connectivity index (χ2n) is 15.0. The first kappa shape index (κ1) is 29.7. The SMILES string of the molecule is CN1c2cc(-c3cc4ccccc4c4ccccc34)ccc2-c2cc3c(c4cccc1c24)c1ccc(-c2cc4ccccc4c4ccccc24)cc1n3C. The van der Waals surface area contributed by atoms with Gasteiger partial charge in [-0.05, 0) is 113 Å². The van der Waals surface area contributed by atoms with Crippen molar-refractivity contribution in [2.75, 3.05) is 11.9 Å². The van der Waals surface area contributed by atoms with Crippen LogP contribution in [0.4, 0.5) is 11.4 Å². The van der Waals surface area contributed by atoms with Gasteiger partial charge in [-0.25, -0.2) is 0 Å². The summed E-state index contributed by atoms with van der Waals surface area (Å²) >= 11 is 0. The van der Waals surface area contributed by atoms with Gasteiger partial charge in [0.05, 0.1) is 5.52 Å². The standard InChI is InChI=1S/C52H34N2/c1-53-47-21-11-20-43-51-42-25-23-34(45-27-32-13-4-6-15-36(32)38-17-8-10-19-40(38)45)29-49(42)54(2)50(51)30-46(52(43)47)41-24-22-33(28-48(41)53)44-26-31-12-3-5-14-35(31)37-16-7-9-18-39(37)44/h3-30H,1-2H3. The fourth-order valence-corrected chi connectivity index (χ4v) is 9.73. The highest BCUT2D eigenvalue weighted by Gasteiger charge is 2.26. The van der Waals surface area contributed by atoms with Gasteiger partial charge in [0.1, 0.15) is 0 Å². The number of rotatable bonds is 2. The molecule has 1 aromatic heterocycles. The van der Waals surface area contributed by atoms with Crippen molar-refractivity contribution < 1.29 is 0 Å². The van der Waals surface area contributed by atoms with Gasteiger partial charge in [0.2, 0.25) is 0 Å². The highest BCUT2D eigenvalue weighted by Crippen LogP contribution is 2.52. The maximum atomic E-state index is 2.45. The highest BCUT2D eigenvalue weighted by molar-refractivity contribution is 6.28. The highest BCUT2D eigenvalue weighted by atomic mass is 15.1. The summed E-state index contributed by atoms with van der Waals surface area (Å²) in [7, 11) is 4.46. The molecule has 0 amide bonds. The Morgan fingerprint density at radius 3 is 1.54 bits per heavy atom. The van der Waals surface area contributed by atoms with Crippen LogP contribution in [0.3, 0.4) is 0 Å². The molecular formula is C52H34N2. The molecule has 0 saturated carbocycles. The Balaban J connectivity index is 1.08. The first-order valence-corrected chi connectivity index (χ1v) is 18.8. The third-order valence-corrected chi connectivity index (χ3v) is 12.3. The van der Waals surface area contributed by atoms with Gasteiger partial charge >= 0.3 is 0 Å². The molecule has 2 nitrogen and oxygen atoms in total. The summed E-state index contributed by atoms with van der Waals surface area (Å²) in [6.45, 7) is 0. The van der Waals surface area contributed by atoms with Gasteiger partial charge in [-0.1, -0.05) is 133 Å². The molecule has 252 valence electrons. The normalized spacial score (nSPS) is 12.6. The lowest BCUT2D eigenvalue weighted by Crippen LogP contribution is -2.15. The van der Waals surface area contributed by atoms with E-state index in [4.69, 9.17) is 0 Å². The van der Waals surface area contributed by atoms with Crippen LogP contribution < -0.4 is 4.90 Å². The number of fused-ring (bicyclic) bond motifs is 12. The predicted octanol–water partition coefficient (Wildman–Crippen LogP) is 14.2. The van der Waals surface area contributed by atoms with Crippen LogP contribution in [0.25, 0.3) is 109 Å². The molecule has 54 heavy (non-hydrogen) atoms. The van der Waals surface area contributed by atoms with Crippen LogP contribution in [0.15, 0.2) is 170 Å². The fourth-order valence-electron chi connectivity index (χ4n) is 9.73. The summed E-state index contributed by atoms with van der Waals surface area (Å²) in [6, 6.07) is 63.3. The van der Waals surface area contributed by atoms with Crippen molar-refractivity contribution in [3.63, 3.8) is 0 Å². The van der Waals surface area contributed by atoms with E-state index in [1.165, 1.54) is 120 Å². The molecule has 11 aromatic rings. The Kier molecular flexibility index (Phi) is 5.94. The van der Waals surface area contributed by atoms with E-state index in [9.17, 15) is 0 Å². The summed E-state index contributed by atoms with van der Waals surface area (Å²) in [5.41, 5.74) is 12.5. The molecule has 0 radical (unpaired) electrons.